The predicted molar refractivity (Wildman–Crippen MR) is 80.6 cm³/mol. The summed E-state index contributed by atoms with van der Waals surface area (Å²) in [5, 5.41) is 5.35. The Bertz CT molecular complexity index is 605. The van der Waals surface area contributed by atoms with Crippen molar-refractivity contribution in [2.24, 2.45) is 0 Å². The van der Waals surface area contributed by atoms with E-state index in [1.807, 2.05) is 5.38 Å². The van der Waals surface area contributed by atoms with E-state index in [1.165, 1.54) is 11.3 Å². The van der Waals surface area contributed by atoms with Crippen LogP contribution >= 0.6 is 11.3 Å². The minimum Gasteiger partial charge on any atom is -0.298 e. The van der Waals surface area contributed by atoms with E-state index < -0.39 is 0 Å². The molecule has 1 heterocycles. The van der Waals surface area contributed by atoms with Gasteiger partial charge in [-0.15, -0.1) is 11.3 Å². The summed E-state index contributed by atoms with van der Waals surface area (Å²) in [7, 11) is 0. The summed E-state index contributed by atoms with van der Waals surface area (Å²) in [6, 6.07) is 6.49. The summed E-state index contributed by atoms with van der Waals surface area (Å²) in [6.07, 6.45) is 1.77. The summed E-state index contributed by atoms with van der Waals surface area (Å²) in [5.41, 5.74) is 2.06. The third-order valence-electron chi connectivity index (χ3n) is 3.17. The van der Waals surface area contributed by atoms with Crippen LogP contribution in [0.1, 0.15) is 52.6 Å². The lowest BCUT2D eigenvalue weighted by Crippen LogP contribution is -2.11. The Hall–Kier alpha value is -2.01. The van der Waals surface area contributed by atoms with Gasteiger partial charge in [-0.1, -0.05) is 26.0 Å². The molecule has 5 heteroatoms. The number of hydrogen-bond acceptors (Lipinski definition) is 4. The molecule has 1 aromatic carbocycles. The van der Waals surface area contributed by atoms with E-state index in [4.69, 9.17) is 0 Å². The highest BCUT2D eigenvalue weighted by atomic mass is 32.1. The molecule has 0 aliphatic rings. The lowest BCUT2D eigenvalue weighted by molar-refractivity contribution is 0.102. The lowest BCUT2D eigenvalue weighted by Gasteiger charge is -2.03. The van der Waals surface area contributed by atoms with E-state index in [2.05, 4.69) is 24.1 Å². The number of aromatic nitrogens is 1. The van der Waals surface area contributed by atoms with Gasteiger partial charge in [0.15, 0.2) is 5.13 Å². The molecule has 2 rings (SSSR count). The molecule has 2 aromatic rings. The molecule has 0 aliphatic carbocycles. The van der Waals surface area contributed by atoms with Crippen molar-refractivity contribution < 1.29 is 9.59 Å². The molecular weight excluding hydrogens is 272 g/mol. The first-order valence-electron chi connectivity index (χ1n) is 6.46. The van der Waals surface area contributed by atoms with E-state index in [-0.39, 0.29) is 5.91 Å². The highest BCUT2D eigenvalue weighted by Gasteiger charge is 2.11. The van der Waals surface area contributed by atoms with Crippen molar-refractivity contribution in [2.75, 3.05) is 5.32 Å². The van der Waals surface area contributed by atoms with Crippen LogP contribution in [0.25, 0.3) is 0 Å². The number of nitrogens with one attached hydrogen (secondary N) is 1. The predicted octanol–water partition coefficient (Wildman–Crippen LogP) is 3.72. The number of hydrogen-bond donors (Lipinski definition) is 1. The fourth-order valence-corrected chi connectivity index (χ4v) is 2.49. The molecule has 1 aromatic heterocycles. The number of rotatable bonds is 5. The maximum atomic E-state index is 12.0. The van der Waals surface area contributed by atoms with E-state index in [9.17, 15) is 9.59 Å². The monoisotopic (exact) mass is 288 g/mol. The van der Waals surface area contributed by atoms with Crippen LogP contribution < -0.4 is 5.32 Å². The topological polar surface area (TPSA) is 59.1 Å². The number of amides is 1. The molecule has 0 fully saturated rings. The minimum atomic E-state index is -0.215. The molecule has 1 amide bonds. The summed E-state index contributed by atoms with van der Waals surface area (Å²) in [5.74, 6) is 0.177. The molecule has 104 valence electrons. The van der Waals surface area contributed by atoms with Gasteiger partial charge in [0, 0.05) is 16.5 Å². The van der Waals surface area contributed by atoms with Gasteiger partial charge in [-0.05, 0) is 24.5 Å². The number of carbonyl (C=O) groups is 2. The second-order valence-corrected chi connectivity index (χ2v) is 5.44. The van der Waals surface area contributed by atoms with Crippen molar-refractivity contribution in [2.45, 2.75) is 26.2 Å². The summed E-state index contributed by atoms with van der Waals surface area (Å²) >= 11 is 1.42. The highest BCUT2D eigenvalue weighted by molar-refractivity contribution is 7.14. The molecule has 0 saturated carbocycles. The first-order chi connectivity index (χ1) is 9.63. The molecule has 1 unspecified atom stereocenters. The smallest absolute Gasteiger partial charge is 0.257 e. The van der Waals surface area contributed by atoms with Crippen LogP contribution in [0.15, 0.2) is 29.6 Å². The summed E-state index contributed by atoms with van der Waals surface area (Å²) in [6.45, 7) is 4.22. The van der Waals surface area contributed by atoms with Gasteiger partial charge in [0.1, 0.15) is 6.29 Å². The average molecular weight is 288 g/mol. The van der Waals surface area contributed by atoms with Gasteiger partial charge in [-0.25, -0.2) is 4.98 Å². The van der Waals surface area contributed by atoms with Gasteiger partial charge < -0.3 is 0 Å². The number of aldehydes is 1. The Balaban J connectivity index is 2.06. The van der Waals surface area contributed by atoms with Crippen LogP contribution in [0.4, 0.5) is 5.13 Å². The van der Waals surface area contributed by atoms with Crippen LogP contribution in [0.2, 0.25) is 0 Å². The maximum absolute atomic E-state index is 12.0. The zero-order chi connectivity index (χ0) is 14.5. The van der Waals surface area contributed by atoms with Gasteiger partial charge in [-0.2, -0.15) is 0 Å². The largest absolute Gasteiger partial charge is 0.298 e. The number of carbonyl (C=O) groups excluding carboxylic acids is 2. The van der Waals surface area contributed by atoms with Gasteiger partial charge in [0.2, 0.25) is 0 Å². The SMILES string of the molecule is CCC(C)c1csc(NC(=O)c2ccc(C=O)cc2)n1. The molecule has 0 aliphatic heterocycles. The van der Waals surface area contributed by atoms with Crippen molar-refractivity contribution >= 4 is 28.7 Å². The number of nitrogens with zero attached hydrogens (tertiary/aromatic N) is 1. The van der Waals surface area contributed by atoms with Crippen molar-refractivity contribution in [1.29, 1.82) is 0 Å². The number of thiazole rings is 1. The fourth-order valence-electron chi connectivity index (χ4n) is 1.66. The van der Waals surface area contributed by atoms with Crippen LogP contribution in [-0.4, -0.2) is 17.2 Å². The van der Waals surface area contributed by atoms with E-state index >= 15 is 0 Å². The van der Waals surface area contributed by atoms with Gasteiger partial charge >= 0.3 is 0 Å². The molecule has 4 nitrogen and oxygen atoms in total. The maximum Gasteiger partial charge on any atom is 0.257 e. The van der Waals surface area contributed by atoms with Gasteiger partial charge in [0.25, 0.3) is 5.91 Å². The zero-order valence-corrected chi connectivity index (χ0v) is 12.2. The van der Waals surface area contributed by atoms with Crippen molar-refractivity contribution in [3.63, 3.8) is 0 Å². The fraction of sp³-hybridized carbons (Fsp3) is 0.267. The van der Waals surface area contributed by atoms with E-state index in [0.29, 0.717) is 22.2 Å². The van der Waals surface area contributed by atoms with Crippen LogP contribution in [0, 0.1) is 0 Å². The minimum absolute atomic E-state index is 0.215. The molecular formula is C15H16N2O2S. The quantitative estimate of drug-likeness (QED) is 0.853. The molecule has 1 N–H and O–H groups in total. The van der Waals surface area contributed by atoms with Crippen LogP contribution in [-0.2, 0) is 0 Å². The van der Waals surface area contributed by atoms with Crippen LogP contribution in [0.3, 0.4) is 0 Å². The Morgan fingerprint density at radius 2 is 2.10 bits per heavy atom. The molecule has 0 radical (unpaired) electrons. The first kappa shape index (κ1) is 14.4. The standard InChI is InChI=1S/C15H16N2O2S/c1-3-10(2)13-9-20-15(16-13)17-14(19)12-6-4-11(8-18)5-7-12/h4-10H,3H2,1-2H3,(H,16,17,19). The normalized spacial score (nSPS) is 11.9. The van der Waals surface area contributed by atoms with Crippen molar-refractivity contribution in [3.8, 4) is 0 Å². The lowest BCUT2D eigenvalue weighted by atomic mass is 10.1. The van der Waals surface area contributed by atoms with E-state index in [1.54, 1.807) is 24.3 Å². The molecule has 0 bridgehead atoms. The molecule has 20 heavy (non-hydrogen) atoms. The Morgan fingerprint density at radius 1 is 1.40 bits per heavy atom. The van der Waals surface area contributed by atoms with Gasteiger partial charge in [0.05, 0.1) is 5.69 Å². The summed E-state index contributed by atoms with van der Waals surface area (Å²) < 4.78 is 0. The highest BCUT2D eigenvalue weighted by Crippen LogP contribution is 2.24. The molecule has 0 saturated heterocycles. The van der Waals surface area contributed by atoms with Crippen molar-refractivity contribution in [3.05, 3.63) is 46.5 Å². The van der Waals surface area contributed by atoms with Gasteiger partial charge in [-0.3, -0.25) is 14.9 Å². The third-order valence-corrected chi connectivity index (χ3v) is 3.94. The molecule has 1 atom stereocenters. The Morgan fingerprint density at radius 3 is 2.70 bits per heavy atom. The third kappa shape index (κ3) is 3.30. The number of benzene rings is 1. The average Bonchev–Trinajstić information content (AvgIpc) is 2.95. The molecule has 0 spiro atoms. The first-order valence-corrected chi connectivity index (χ1v) is 7.34. The summed E-state index contributed by atoms with van der Waals surface area (Å²) in [4.78, 5) is 27.0. The zero-order valence-electron chi connectivity index (χ0n) is 11.4. The van der Waals surface area contributed by atoms with E-state index in [0.717, 1.165) is 18.4 Å². The van der Waals surface area contributed by atoms with Crippen molar-refractivity contribution in [1.82, 2.24) is 4.98 Å². The Kier molecular flexibility index (Phi) is 4.63. The number of anilines is 1. The second kappa shape index (κ2) is 6.43. The second-order valence-electron chi connectivity index (χ2n) is 4.58. The van der Waals surface area contributed by atoms with Crippen LogP contribution in [0.5, 0.6) is 0 Å². The Labute approximate surface area is 121 Å².